The van der Waals surface area contributed by atoms with Gasteiger partial charge in [0.15, 0.2) is 0 Å². The Labute approximate surface area is 258 Å². The quantitative estimate of drug-likeness (QED) is 0.0629. The highest BCUT2D eigenvalue weighted by Crippen LogP contribution is 2.14. The van der Waals surface area contributed by atoms with Crippen LogP contribution in [0.25, 0.3) is 0 Å². The maximum Gasteiger partial charge on any atom is 0.306 e. The summed E-state index contributed by atoms with van der Waals surface area (Å²) >= 11 is 0. The first-order valence-electron chi connectivity index (χ1n) is 17.6. The van der Waals surface area contributed by atoms with Crippen LogP contribution in [0.15, 0.2) is 0 Å². The normalized spacial score (nSPS) is 12.8. The minimum absolute atomic E-state index is 0.00875. The van der Waals surface area contributed by atoms with Gasteiger partial charge in [0.2, 0.25) is 0 Å². The predicted molar refractivity (Wildman–Crippen MR) is 173 cm³/mol. The zero-order valence-electron chi connectivity index (χ0n) is 28.0. The number of carbonyl (C=O) groups is 3. The number of esters is 2. The van der Waals surface area contributed by atoms with Gasteiger partial charge in [-0.2, -0.15) is 0 Å². The molecule has 0 spiro atoms. The first-order chi connectivity index (χ1) is 20.3. The van der Waals surface area contributed by atoms with Crippen molar-refractivity contribution in [1.29, 1.82) is 0 Å². The standard InChI is InChI=1S/C35H67NO6/c1-5-7-9-11-13-17-23-31(3)41-34(39)25-19-15-21-28-36(30-27-33(37)38)29-22-16-20-26-35(40)42-32(4)24-18-14-12-10-8-6-2/h31-32H,5-30H2,1-4H3,(H,37,38). The van der Waals surface area contributed by atoms with Gasteiger partial charge in [-0.15, -0.1) is 0 Å². The highest BCUT2D eigenvalue weighted by Gasteiger charge is 2.12. The third-order valence-electron chi connectivity index (χ3n) is 7.95. The summed E-state index contributed by atoms with van der Waals surface area (Å²) in [7, 11) is 0. The van der Waals surface area contributed by atoms with Gasteiger partial charge in [0.1, 0.15) is 0 Å². The molecule has 42 heavy (non-hydrogen) atoms. The minimum atomic E-state index is -0.782. The summed E-state index contributed by atoms with van der Waals surface area (Å²) in [6, 6.07) is 0. The Bertz CT molecular complexity index is 609. The Morgan fingerprint density at radius 1 is 0.524 bits per heavy atom. The van der Waals surface area contributed by atoms with Gasteiger partial charge in [-0.25, -0.2) is 0 Å². The van der Waals surface area contributed by atoms with Gasteiger partial charge in [-0.05, 0) is 78.3 Å². The van der Waals surface area contributed by atoms with E-state index in [1.54, 1.807) is 0 Å². The highest BCUT2D eigenvalue weighted by atomic mass is 16.5. The van der Waals surface area contributed by atoms with Crippen molar-refractivity contribution in [2.24, 2.45) is 0 Å². The van der Waals surface area contributed by atoms with E-state index in [-0.39, 0.29) is 30.6 Å². The fourth-order valence-electron chi connectivity index (χ4n) is 5.26. The predicted octanol–water partition coefficient (Wildman–Crippen LogP) is 9.25. The number of hydrogen-bond acceptors (Lipinski definition) is 6. The summed E-state index contributed by atoms with van der Waals surface area (Å²) in [5, 5.41) is 9.12. The summed E-state index contributed by atoms with van der Waals surface area (Å²) in [5.74, 6) is -0.992. The maximum atomic E-state index is 12.2. The van der Waals surface area contributed by atoms with Gasteiger partial charge in [0.25, 0.3) is 0 Å². The van der Waals surface area contributed by atoms with E-state index in [9.17, 15) is 14.4 Å². The van der Waals surface area contributed by atoms with E-state index in [0.717, 1.165) is 77.3 Å². The van der Waals surface area contributed by atoms with Gasteiger partial charge in [-0.1, -0.05) is 90.9 Å². The van der Waals surface area contributed by atoms with Gasteiger partial charge < -0.3 is 19.5 Å². The van der Waals surface area contributed by atoms with Crippen LogP contribution in [-0.4, -0.2) is 59.8 Å². The zero-order chi connectivity index (χ0) is 31.3. The highest BCUT2D eigenvalue weighted by molar-refractivity contribution is 5.69. The van der Waals surface area contributed by atoms with Gasteiger partial charge >= 0.3 is 17.9 Å². The molecule has 0 amide bonds. The van der Waals surface area contributed by atoms with Crippen LogP contribution < -0.4 is 0 Å². The second-order valence-electron chi connectivity index (χ2n) is 12.3. The molecule has 0 aliphatic rings. The van der Waals surface area contributed by atoms with Gasteiger partial charge in [0, 0.05) is 19.4 Å². The number of rotatable bonds is 31. The molecule has 0 rings (SSSR count). The number of carboxylic acids is 1. The molecule has 0 radical (unpaired) electrons. The smallest absolute Gasteiger partial charge is 0.306 e. The second kappa shape index (κ2) is 29.4. The lowest BCUT2D eigenvalue weighted by molar-refractivity contribution is -0.149. The first kappa shape index (κ1) is 40.4. The largest absolute Gasteiger partial charge is 0.481 e. The number of nitrogens with zero attached hydrogens (tertiary/aromatic N) is 1. The van der Waals surface area contributed by atoms with E-state index in [2.05, 4.69) is 18.7 Å². The Balaban J connectivity index is 3.99. The fraction of sp³-hybridized carbons (Fsp3) is 0.914. The molecule has 0 aromatic heterocycles. The van der Waals surface area contributed by atoms with E-state index in [0.29, 0.717) is 19.4 Å². The van der Waals surface area contributed by atoms with Crippen LogP contribution in [-0.2, 0) is 23.9 Å². The lowest BCUT2D eigenvalue weighted by Gasteiger charge is -2.21. The van der Waals surface area contributed by atoms with Crippen LogP contribution in [0.5, 0.6) is 0 Å². The molecule has 248 valence electrons. The van der Waals surface area contributed by atoms with Crippen molar-refractivity contribution < 1.29 is 29.0 Å². The molecule has 1 N–H and O–H groups in total. The third kappa shape index (κ3) is 28.5. The second-order valence-corrected chi connectivity index (χ2v) is 12.3. The van der Waals surface area contributed by atoms with Crippen LogP contribution in [0.1, 0.15) is 175 Å². The van der Waals surface area contributed by atoms with Gasteiger partial charge in [-0.3, -0.25) is 14.4 Å². The molecule has 7 heteroatoms. The molecule has 0 saturated carbocycles. The van der Waals surface area contributed by atoms with Crippen molar-refractivity contribution in [2.75, 3.05) is 19.6 Å². The third-order valence-corrected chi connectivity index (χ3v) is 7.95. The van der Waals surface area contributed by atoms with Crippen molar-refractivity contribution in [3.05, 3.63) is 0 Å². The molecular weight excluding hydrogens is 530 g/mol. The number of aliphatic carboxylic acids is 1. The van der Waals surface area contributed by atoms with Gasteiger partial charge in [0.05, 0.1) is 18.6 Å². The molecule has 0 aromatic rings. The monoisotopic (exact) mass is 597 g/mol. The summed E-state index contributed by atoms with van der Waals surface area (Å²) in [6.45, 7) is 10.6. The molecule has 0 bridgehead atoms. The molecule has 0 aromatic carbocycles. The molecule has 0 aliphatic carbocycles. The van der Waals surface area contributed by atoms with Crippen LogP contribution in [0.4, 0.5) is 0 Å². The average Bonchev–Trinajstić information content (AvgIpc) is 2.94. The van der Waals surface area contributed by atoms with E-state index in [1.807, 2.05) is 13.8 Å². The SMILES string of the molecule is CCCCCCCCC(C)OC(=O)CCCCCN(CCCCCC(=O)OC(C)CCCCCCCC)CCC(=O)O. The van der Waals surface area contributed by atoms with Crippen molar-refractivity contribution >= 4 is 17.9 Å². The number of carboxylic acid groups (broad SMARTS) is 1. The van der Waals surface area contributed by atoms with E-state index in [4.69, 9.17) is 14.6 Å². The fourth-order valence-corrected chi connectivity index (χ4v) is 5.26. The zero-order valence-corrected chi connectivity index (χ0v) is 28.0. The number of unbranched alkanes of at least 4 members (excludes halogenated alkanes) is 14. The Morgan fingerprint density at radius 2 is 0.905 bits per heavy atom. The molecule has 0 aliphatic heterocycles. The molecule has 2 atom stereocenters. The molecular formula is C35H67NO6. The van der Waals surface area contributed by atoms with Crippen molar-refractivity contribution in [2.45, 2.75) is 188 Å². The van der Waals surface area contributed by atoms with Crippen LogP contribution in [0, 0.1) is 0 Å². The first-order valence-corrected chi connectivity index (χ1v) is 17.6. The number of carbonyl (C=O) groups excluding carboxylic acids is 2. The van der Waals surface area contributed by atoms with E-state index >= 15 is 0 Å². The number of ether oxygens (including phenoxy) is 2. The Hall–Kier alpha value is -1.63. The number of hydrogen-bond donors (Lipinski definition) is 1. The Morgan fingerprint density at radius 3 is 1.31 bits per heavy atom. The van der Waals surface area contributed by atoms with Crippen molar-refractivity contribution in [1.82, 2.24) is 4.90 Å². The topological polar surface area (TPSA) is 93.1 Å². The lowest BCUT2D eigenvalue weighted by Crippen LogP contribution is -2.28. The van der Waals surface area contributed by atoms with E-state index in [1.165, 1.54) is 64.2 Å². The average molecular weight is 598 g/mol. The van der Waals surface area contributed by atoms with Crippen LogP contribution in [0.2, 0.25) is 0 Å². The van der Waals surface area contributed by atoms with Crippen molar-refractivity contribution in [3.8, 4) is 0 Å². The summed E-state index contributed by atoms with van der Waals surface area (Å²) in [4.78, 5) is 37.6. The lowest BCUT2D eigenvalue weighted by atomic mass is 10.1. The Kier molecular flexibility index (Phi) is 28.3. The van der Waals surface area contributed by atoms with Crippen LogP contribution >= 0.6 is 0 Å². The molecule has 0 saturated heterocycles. The van der Waals surface area contributed by atoms with E-state index < -0.39 is 5.97 Å². The minimum Gasteiger partial charge on any atom is -0.481 e. The summed E-state index contributed by atoms with van der Waals surface area (Å²) < 4.78 is 11.1. The molecule has 2 unspecified atom stereocenters. The summed E-state index contributed by atoms with van der Waals surface area (Å²) in [6.07, 6.45) is 23.1. The molecule has 0 heterocycles. The molecule has 0 fully saturated rings. The van der Waals surface area contributed by atoms with Crippen molar-refractivity contribution in [3.63, 3.8) is 0 Å². The summed E-state index contributed by atoms with van der Waals surface area (Å²) in [5.41, 5.74) is 0. The van der Waals surface area contributed by atoms with Crippen LogP contribution in [0.3, 0.4) is 0 Å². The molecule has 7 nitrogen and oxygen atoms in total. The maximum absolute atomic E-state index is 12.2.